The van der Waals surface area contributed by atoms with E-state index in [9.17, 15) is 9.59 Å². The second kappa shape index (κ2) is 8.59. The van der Waals surface area contributed by atoms with Crippen molar-refractivity contribution in [2.75, 3.05) is 47.9 Å². The smallest absolute Gasteiger partial charge is 0.254 e. The van der Waals surface area contributed by atoms with Crippen molar-refractivity contribution < 1.29 is 19.1 Å². The molecule has 1 N–H and O–H groups in total. The van der Waals surface area contributed by atoms with E-state index in [0.717, 1.165) is 23.2 Å². The monoisotopic (exact) mass is 423 g/mol. The fraction of sp³-hybridized carbons (Fsp3) is 0.417. The lowest BCUT2D eigenvalue weighted by Gasteiger charge is -2.45. The molecule has 0 aliphatic carbocycles. The summed E-state index contributed by atoms with van der Waals surface area (Å²) in [5, 5.41) is 3.08. The predicted octanol–water partition coefficient (Wildman–Crippen LogP) is 2.22. The van der Waals surface area contributed by atoms with Crippen LogP contribution in [0.4, 0.5) is 0 Å². The molecule has 0 fully saturated rings. The van der Waals surface area contributed by atoms with Gasteiger partial charge in [-0.3, -0.25) is 9.59 Å². The summed E-state index contributed by atoms with van der Waals surface area (Å²) in [4.78, 5) is 30.7. The van der Waals surface area contributed by atoms with Gasteiger partial charge < -0.3 is 24.6 Å². The van der Waals surface area contributed by atoms with E-state index in [-0.39, 0.29) is 17.9 Å². The maximum absolute atomic E-state index is 13.5. The minimum absolute atomic E-state index is 0.0293. The molecule has 2 atom stereocenters. The first-order valence-electron chi connectivity index (χ1n) is 10.5. The van der Waals surface area contributed by atoms with E-state index in [4.69, 9.17) is 9.47 Å². The highest BCUT2D eigenvalue weighted by molar-refractivity contribution is 6.01. The van der Waals surface area contributed by atoms with Gasteiger partial charge in [-0.15, -0.1) is 0 Å². The van der Waals surface area contributed by atoms with Crippen molar-refractivity contribution in [3.05, 3.63) is 58.7 Å². The van der Waals surface area contributed by atoms with Gasteiger partial charge in [0.1, 0.15) is 0 Å². The first-order chi connectivity index (χ1) is 15.0. The molecule has 7 heteroatoms. The Morgan fingerprint density at radius 3 is 2.55 bits per heavy atom. The number of nitrogens with zero attached hydrogens (tertiary/aromatic N) is 2. The highest BCUT2D eigenvalue weighted by Gasteiger charge is 2.46. The summed E-state index contributed by atoms with van der Waals surface area (Å²) in [7, 11) is 7.15. The van der Waals surface area contributed by atoms with Crippen LogP contribution in [0.15, 0.2) is 36.4 Å². The van der Waals surface area contributed by atoms with Crippen LogP contribution in [0.2, 0.25) is 0 Å². The number of ether oxygens (including phenoxy) is 2. The van der Waals surface area contributed by atoms with E-state index in [1.165, 1.54) is 0 Å². The van der Waals surface area contributed by atoms with Crippen molar-refractivity contribution in [3.63, 3.8) is 0 Å². The fourth-order valence-corrected chi connectivity index (χ4v) is 4.65. The summed E-state index contributed by atoms with van der Waals surface area (Å²) in [5.74, 6) is 0.663. The number of nitrogens with one attached hydrogen (secondary N) is 1. The standard InChI is InChI=1S/C24H29N3O4/c1-26(2)12-10-25-23(28)21-16-7-5-6-8-17(16)24(29)27-11-9-15-13-19(30-3)20(31-4)14-18(15)22(21)27/h5-8,13-14,21-22H,9-12H2,1-4H3,(H,25,28). The van der Waals surface area contributed by atoms with Gasteiger partial charge in [-0.25, -0.2) is 0 Å². The van der Waals surface area contributed by atoms with Crippen LogP contribution in [0.25, 0.3) is 0 Å². The first kappa shape index (κ1) is 21.2. The van der Waals surface area contributed by atoms with Crippen molar-refractivity contribution in [2.24, 2.45) is 0 Å². The number of hydrogen-bond acceptors (Lipinski definition) is 5. The Morgan fingerprint density at radius 1 is 1.13 bits per heavy atom. The van der Waals surface area contributed by atoms with E-state index >= 15 is 0 Å². The Kier molecular flexibility index (Phi) is 5.87. The average molecular weight is 424 g/mol. The molecule has 164 valence electrons. The summed E-state index contributed by atoms with van der Waals surface area (Å²) >= 11 is 0. The molecule has 2 aliphatic heterocycles. The van der Waals surface area contributed by atoms with Crippen molar-refractivity contribution >= 4 is 11.8 Å². The minimum atomic E-state index is -0.492. The quantitative estimate of drug-likeness (QED) is 0.772. The number of carbonyl (C=O) groups is 2. The van der Waals surface area contributed by atoms with Gasteiger partial charge in [0, 0.05) is 25.2 Å². The second-order valence-electron chi connectivity index (χ2n) is 8.26. The Hall–Kier alpha value is -3.06. The van der Waals surface area contributed by atoms with Crippen molar-refractivity contribution in [1.29, 1.82) is 0 Å². The van der Waals surface area contributed by atoms with Gasteiger partial charge in [0.15, 0.2) is 11.5 Å². The van der Waals surface area contributed by atoms with Gasteiger partial charge in [0.25, 0.3) is 5.91 Å². The Labute approximate surface area is 182 Å². The molecule has 0 saturated heterocycles. The van der Waals surface area contributed by atoms with Crippen LogP contribution in [0.5, 0.6) is 11.5 Å². The van der Waals surface area contributed by atoms with Crippen LogP contribution in [0.3, 0.4) is 0 Å². The molecule has 0 spiro atoms. The van der Waals surface area contributed by atoms with Crippen LogP contribution in [0, 0.1) is 0 Å². The van der Waals surface area contributed by atoms with Crippen LogP contribution in [0.1, 0.15) is 39.0 Å². The van der Waals surface area contributed by atoms with E-state index in [0.29, 0.717) is 36.6 Å². The molecule has 0 radical (unpaired) electrons. The molecule has 2 aromatic rings. The summed E-state index contributed by atoms with van der Waals surface area (Å²) < 4.78 is 11.0. The molecule has 2 unspecified atom stereocenters. The number of carbonyl (C=O) groups excluding carboxylic acids is 2. The Balaban J connectivity index is 1.81. The predicted molar refractivity (Wildman–Crippen MR) is 118 cm³/mol. The lowest BCUT2D eigenvalue weighted by atomic mass is 9.75. The molecule has 2 aliphatic rings. The minimum Gasteiger partial charge on any atom is -0.493 e. The van der Waals surface area contributed by atoms with E-state index in [1.807, 2.05) is 60.3 Å². The molecule has 0 aromatic heterocycles. The number of fused-ring (bicyclic) bond motifs is 4. The number of hydrogen-bond donors (Lipinski definition) is 1. The zero-order valence-corrected chi connectivity index (χ0v) is 18.5. The van der Waals surface area contributed by atoms with Crippen molar-refractivity contribution in [2.45, 2.75) is 18.4 Å². The van der Waals surface area contributed by atoms with Gasteiger partial charge in [0.2, 0.25) is 5.91 Å². The highest BCUT2D eigenvalue weighted by atomic mass is 16.5. The maximum Gasteiger partial charge on any atom is 0.254 e. The third-order valence-corrected chi connectivity index (χ3v) is 6.17. The normalized spacial score (nSPS) is 19.4. The van der Waals surface area contributed by atoms with Crippen LogP contribution >= 0.6 is 0 Å². The van der Waals surface area contributed by atoms with Gasteiger partial charge in [-0.2, -0.15) is 0 Å². The van der Waals surface area contributed by atoms with Crippen LogP contribution < -0.4 is 14.8 Å². The topological polar surface area (TPSA) is 71.1 Å². The molecule has 31 heavy (non-hydrogen) atoms. The molecule has 0 saturated carbocycles. The lowest BCUT2D eigenvalue weighted by Crippen LogP contribution is -2.50. The molecule has 2 aromatic carbocycles. The first-order valence-corrected chi connectivity index (χ1v) is 10.5. The fourth-order valence-electron chi connectivity index (χ4n) is 4.65. The second-order valence-corrected chi connectivity index (χ2v) is 8.26. The van der Waals surface area contributed by atoms with Gasteiger partial charge in [-0.05, 0) is 55.4 Å². The number of rotatable bonds is 6. The maximum atomic E-state index is 13.5. The van der Waals surface area contributed by atoms with Crippen molar-refractivity contribution in [3.8, 4) is 11.5 Å². The number of benzene rings is 2. The third-order valence-electron chi connectivity index (χ3n) is 6.17. The number of methoxy groups -OCH3 is 2. The number of likely N-dealkylation sites (N-methyl/N-ethyl adjacent to an activating group) is 1. The SMILES string of the molecule is COc1cc2c(cc1OC)C1C(C(=O)NCCN(C)C)c3ccccc3C(=O)N1CC2. The largest absolute Gasteiger partial charge is 0.493 e. The summed E-state index contributed by atoms with van der Waals surface area (Å²) in [6.07, 6.45) is 0.703. The van der Waals surface area contributed by atoms with Crippen LogP contribution in [-0.4, -0.2) is 69.6 Å². The van der Waals surface area contributed by atoms with Gasteiger partial charge in [-0.1, -0.05) is 18.2 Å². The van der Waals surface area contributed by atoms with Gasteiger partial charge in [0.05, 0.1) is 26.2 Å². The van der Waals surface area contributed by atoms with Gasteiger partial charge >= 0.3 is 0 Å². The lowest BCUT2D eigenvalue weighted by molar-refractivity contribution is -0.124. The molecular formula is C24H29N3O4. The van der Waals surface area contributed by atoms with E-state index < -0.39 is 5.92 Å². The molecule has 7 nitrogen and oxygen atoms in total. The zero-order chi connectivity index (χ0) is 22.1. The summed E-state index contributed by atoms with van der Waals surface area (Å²) in [5.41, 5.74) is 3.41. The summed E-state index contributed by atoms with van der Waals surface area (Å²) in [6, 6.07) is 11.0. The van der Waals surface area contributed by atoms with E-state index in [1.54, 1.807) is 14.2 Å². The summed E-state index contributed by atoms with van der Waals surface area (Å²) in [6.45, 7) is 1.85. The Bertz CT molecular complexity index is 1000. The third kappa shape index (κ3) is 3.74. The van der Waals surface area contributed by atoms with E-state index in [2.05, 4.69) is 5.32 Å². The molecular weight excluding hydrogens is 394 g/mol. The van der Waals surface area contributed by atoms with Crippen LogP contribution in [-0.2, 0) is 11.2 Å². The molecule has 2 amide bonds. The zero-order valence-electron chi connectivity index (χ0n) is 18.5. The molecule has 0 bridgehead atoms. The highest BCUT2D eigenvalue weighted by Crippen LogP contribution is 2.48. The Morgan fingerprint density at radius 2 is 1.84 bits per heavy atom. The average Bonchev–Trinajstić information content (AvgIpc) is 2.77. The number of amides is 2. The molecule has 4 rings (SSSR count). The molecule has 2 heterocycles. The van der Waals surface area contributed by atoms with Crippen molar-refractivity contribution in [1.82, 2.24) is 15.1 Å².